The average Bonchev–Trinajstić information content (AvgIpc) is 2.36. The van der Waals surface area contributed by atoms with Gasteiger partial charge >= 0.3 is 0 Å². The molecule has 4 nitrogen and oxygen atoms in total. The molecule has 0 radical (unpaired) electrons. The van der Waals surface area contributed by atoms with Gasteiger partial charge in [-0.25, -0.2) is 4.39 Å². The first kappa shape index (κ1) is 13.9. The van der Waals surface area contributed by atoms with Crippen molar-refractivity contribution in [3.05, 3.63) is 59.4 Å². The van der Waals surface area contributed by atoms with Crippen LogP contribution in [-0.4, -0.2) is 11.0 Å². The number of phenolic OH excluding ortho intramolecular Hbond substituents is 1. The van der Waals surface area contributed by atoms with Gasteiger partial charge in [-0.15, -0.1) is 0 Å². The van der Waals surface area contributed by atoms with E-state index in [4.69, 9.17) is 5.73 Å². The predicted molar refractivity (Wildman–Crippen MR) is 74.8 cm³/mol. The zero-order valence-electron chi connectivity index (χ0n) is 10.9. The molecule has 2 aromatic rings. The fourth-order valence-electron chi connectivity index (χ4n) is 1.97. The molecular formula is C15H15FN2O2. The Bertz CT molecular complexity index is 623. The van der Waals surface area contributed by atoms with E-state index in [-0.39, 0.29) is 11.3 Å². The number of para-hydroxylation sites is 1. The molecule has 0 saturated heterocycles. The van der Waals surface area contributed by atoms with Crippen LogP contribution in [0.5, 0.6) is 5.75 Å². The van der Waals surface area contributed by atoms with E-state index in [9.17, 15) is 14.3 Å². The number of rotatable bonds is 4. The number of anilines is 1. The van der Waals surface area contributed by atoms with Gasteiger partial charge in [0.05, 0.1) is 0 Å². The number of hydrogen-bond donors (Lipinski definition) is 3. The van der Waals surface area contributed by atoms with Gasteiger partial charge in [-0.2, -0.15) is 0 Å². The molecule has 0 aromatic heterocycles. The molecule has 0 aliphatic rings. The van der Waals surface area contributed by atoms with E-state index in [2.05, 4.69) is 5.32 Å². The van der Waals surface area contributed by atoms with Crippen molar-refractivity contribution in [1.82, 2.24) is 0 Å². The lowest BCUT2D eigenvalue weighted by Crippen LogP contribution is -2.28. The third kappa shape index (κ3) is 3.06. The third-order valence-electron chi connectivity index (χ3n) is 2.97. The largest absolute Gasteiger partial charge is 0.508 e. The Morgan fingerprint density at radius 1 is 1.30 bits per heavy atom. The van der Waals surface area contributed by atoms with E-state index >= 15 is 0 Å². The Balaban J connectivity index is 2.37. The number of amides is 1. The summed E-state index contributed by atoms with van der Waals surface area (Å²) in [4.78, 5) is 11.6. The highest BCUT2D eigenvalue weighted by Crippen LogP contribution is 2.25. The number of phenols is 1. The number of aryl methyl sites for hydroxylation is 1. The van der Waals surface area contributed by atoms with Gasteiger partial charge in [0.15, 0.2) is 0 Å². The summed E-state index contributed by atoms with van der Waals surface area (Å²) in [6.07, 6.45) is 0. The Labute approximate surface area is 116 Å². The average molecular weight is 274 g/mol. The molecular weight excluding hydrogens is 259 g/mol. The van der Waals surface area contributed by atoms with Gasteiger partial charge in [0, 0.05) is 11.8 Å². The van der Waals surface area contributed by atoms with E-state index in [1.54, 1.807) is 6.07 Å². The van der Waals surface area contributed by atoms with Crippen LogP contribution in [0.15, 0.2) is 42.5 Å². The first-order chi connectivity index (χ1) is 9.47. The molecule has 2 aromatic carbocycles. The minimum atomic E-state index is -0.919. The van der Waals surface area contributed by atoms with Crippen molar-refractivity contribution in [2.45, 2.75) is 13.0 Å². The molecule has 1 atom stereocenters. The molecule has 4 N–H and O–H groups in total. The SMILES string of the molecule is Cc1ccccc1NC(C(N)=O)c1cc(O)cc(F)c1. The number of nitrogens with two attached hydrogens (primary N) is 1. The number of carbonyl (C=O) groups is 1. The minimum absolute atomic E-state index is 0.252. The maximum absolute atomic E-state index is 13.3. The van der Waals surface area contributed by atoms with Crippen molar-refractivity contribution < 1.29 is 14.3 Å². The number of aromatic hydroxyl groups is 1. The Hall–Kier alpha value is -2.56. The van der Waals surface area contributed by atoms with Crippen LogP contribution in [0, 0.1) is 12.7 Å². The number of primary amides is 1. The molecule has 20 heavy (non-hydrogen) atoms. The molecule has 0 saturated carbocycles. The van der Waals surface area contributed by atoms with E-state index in [0.29, 0.717) is 0 Å². The molecule has 0 bridgehead atoms. The van der Waals surface area contributed by atoms with Gasteiger partial charge in [-0.3, -0.25) is 4.79 Å². The van der Waals surface area contributed by atoms with Crippen LogP contribution in [0.3, 0.4) is 0 Å². The molecule has 5 heteroatoms. The highest BCUT2D eigenvalue weighted by molar-refractivity contribution is 5.84. The number of halogens is 1. The number of nitrogens with one attached hydrogen (secondary N) is 1. The van der Waals surface area contributed by atoms with Gasteiger partial charge in [0.25, 0.3) is 0 Å². The first-order valence-corrected chi connectivity index (χ1v) is 6.08. The molecule has 0 aliphatic carbocycles. The van der Waals surface area contributed by atoms with Crippen LogP contribution >= 0.6 is 0 Å². The summed E-state index contributed by atoms with van der Waals surface area (Å²) in [6, 6.07) is 9.88. The number of benzene rings is 2. The maximum Gasteiger partial charge on any atom is 0.244 e. The second-order valence-electron chi connectivity index (χ2n) is 4.54. The van der Waals surface area contributed by atoms with Gasteiger partial charge in [-0.1, -0.05) is 18.2 Å². The molecule has 0 heterocycles. The van der Waals surface area contributed by atoms with Gasteiger partial charge in [0.1, 0.15) is 17.6 Å². The lowest BCUT2D eigenvalue weighted by molar-refractivity contribution is -0.118. The van der Waals surface area contributed by atoms with E-state index in [0.717, 1.165) is 17.3 Å². The standard InChI is InChI=1S/C15H15FN2O2/c1-9-4-2-3-5-13(9)18-14(15(17)20)10-6-11(16)8-12(19)7-10/h2-8,14,18-19H,1H3,(H2,17,20). The third-order valence-corrected chi connectivity index (χ3v) is 2.97. The summed E-state index contributed by atoms with van der Waals surface area (Å²) in [7, 11) is 0. The lowest BCUT2D eigenvalue weighted by Gasteiger charge is -2.19. The lowest BCUT2D eigenvalue weighted by atomic mass is 10.0. The Morgan fingerprint density at radius 3 is 2.60 bits per heavy atom. The van der Waals surface area contributed by atoms with E-state index in [1.165, 1.54) is 12.1 Å². The zero-order valence-corrected chi connectivity index (χ0v) is 10.9. The normalized spacial score (nSPS) is 11.9. The van der Waals surface area contributed by atoms with Crippen LogP contribution in [-0.2, 0) is 4.79 Å². The Kier molecular flexibility index (Phi) is 3.89. The summed E-state index contributed by atoms with van der Waals surface area (Å²) < 4.78 is 13.3. The van der Waals surface area contributed by atoms with Crippen molar-refractivity contribution in [1.29, 1.82) is 0 Å². The summed E-state index contributed by atoms with van der Waals surface area (Å²) in [6.45, 7) is 1.88. The summed E-state index contributed by atoms with van der Waals surface area (Å²) in [5.74, 6) is -1.53. The summed E-state index contributed by atoms with van der Waals surface area (Å²) >= 11 is 0. The highest BCUT2D eigenvalue weighted by Gasteiger charge is 2.19. The van der Waals surface area contributed by atoms with Crippen molar-refractivity contribution in [3.8, 4) is 5.75 Å². The predicted octanol–water partition coefficient (Wildman–Crippen LogP) is 2.48. The Morgan fingerprint density at radius 2 is 2.00 bits per heavy atom. The number of carbonyl (C=O) groups excluding carboxylic acids is 1. The molecule has 0 spiro atoms. The summed E-state index contributed by atoms with van der Waals surface area (Å²) in [5, 5.41) is 12.4. The topological polar surface area (TPSA) is 75.3 Å². The highest BCUT2D eigenvalue weighted by atomic mass is 19.1. The summed E-state index contributed by atoms with van der Waals surface area (Å²) in [5.41, 5.74) is 7.29. The van der Waals surface area contributed by atoms with Crippen LogP contribution in [0.4, 0.5) is 10.1 Å². The fourth-order valence-corrected chi connectivity index (χ4v) is 1.97. The fraction of sp³-hybridized carbons (Fsp3) is 0.133. The van der Waals surface area contributed by atoms with Crippen molar-refractivity contribution in [2.75, 3.05) is 5.32 Å². The van der Waals surface area contributed by atoms with Crippen molar-refractivity contribution in [3.63, 3.8) is 0 Å². The molecule has 1 amide bonds. The van der Waals surface area contributed by atoms with Crippen LogP contribution in [0.1, 0.15) is 17.2 Å². The zero-order chi connectivity index (χ0) is 14.7. The molecule has 2 rings (SSSR count). The molecule has 0 fully saturated rings. The molecule has 104 valence electrons. The van der Waals surface area contributed by atoms with Crippen molar-refractivity contribution >= 4 is 11.6 Å². The molecule has 1 unspecified atom stereocenters. The van der Waals surface area contributed by atoms with E-state index in [1.807, 2.05) is 25.1 Å². The minimum Gasteiger partial charge on any atom is -0.508 e. The monoisotopic (exact) mass is 274 g/mol. The second-order valence-corrected chi connectivity index (χ2v) is 4.54. The van der Waals surface area contributed by atoms with Crippen LogP contribution < -0.4 is 11.1 Å². The van der Waals surface area contributed by atoms with Crippen molar-refractivity contribution in [2.24, 2.45) is 5.73 Å². The van der Waals surface area contributed by atoms with Crippen LogP contribution in [0.25, 0.3) is 0 Å². The first-order valence-electron chi connectivity index (χ1n) is 6.08. The maximum atomic E-state index is 13.3. The number of hydrogen-bond acceptors (Lipinski definition) is 3. The van der Waals surface area contributed by atoms with Gasteiger partial charge in [0.2, 0.25) is 5.91 Å². The second kappa shape index (κ2) is 5.61. The van der Waals surface area contributed by atoms with Gasteiger partial charge in [-0.05, 0) is 36.2 Å². The van der Waals surface area contributed by atoms with Crippen LogP contribution in [0.2, 0.25) is 0 Å². The van der Waals surface area contributed by atoms with E-state index < -0.39 is 17.8 Å². The smallest absolute Gasteiger partial charge is 0.244 e. The molecule has 0 aliphatic heterocycles. The quantitative estimate of drug-likeness (QED) is 0.801. The van der Waals surface area contributed by atoms with Gasteiger partial charge < -0.3 is 16.2 Å².